The van der Waals surface area contributed by atoms with Crippen LogP contribution in [0.5, 0.6) is 0 Å². The molecule has 0 unspecified atom stereocenters. The first-order valence-electron chi connectivity index (χ1n) is 13.6. The van der Waals surface area contributed by atoms with Gasteiger partial charge in [-0.3, -0.25) is 9.97 Å². The van der Waals surface area contributed by atoms with Crippen LogP contribution in [0.1, 0.15) is 11.1 Å². The van der Waals surface area contributed by atoms with Gasteiger partial charge in [0.05, 0.1) is 22.1 Å². The summed E-state index contributed by atoms with van der Waals surface area (Å²) in [6.45, 7) is 4.28. The lowest BCUT2D eigenvalue weighted by atomic mass is 10.0. The Balaban J connectivity index is 1.31. The van der Waals surface area contributed by atoms with Gasteiger partial charge >= 0.3 is 0 Å². The molecular formula is C36H26N4. The van der Waals surface area contributed by atoms with Gasteiger partial charge in [0.1, 0.15) is 0 Å². The normalized spacial score (nSPS) is 11.8. The van der Waals surface area contributed by atoms with Crippen molar-refractivity contribution in [2.75, 3.05) is 0 Å². The third kappa shape index (κ3) is 3.39. The van der Waals surface area contributed by atoms with Crippen molar-refractivity contribution in [1.82, 2.24) is 19.1 Å². The van der Waals surface area contributed by atoms with E-state index in [9.17, 15) is 0 Å². The fraction of sp³-hybridized carbons (Fsp3) is 0.0556. The minimum absolute atomic E-state index is 1.14. The second kappa shape index (κ2) is 8.65. The van der Waals surface area contributed by atoms with Crippen molar-refractivity contribution in [1.29, 1.82) is 0 Å². The van der Waals surface area contributed by atoms with Gasteiger partial charge < -0.3 is 9.13 Å². The van der Waals surface area contributed by atoms with Crippen molar-refractivity contribution in [3.05, 3.63) is 133 Å². The molecule has 0 aliphatic carbocycles. The maximum atomic E-state index is 4.43. The van der Waals surface area contributed by atoms with E-state index in [1.807, 2.05) is 24.8 Å². The molecule has 0 aliphatic rings. The van der Waals surface area contributed by atoms with Gasteiger partial charge in [-0.2, -0.15) is 0 Å². The molecule has 0 amide bonds. The van der Waals surface area contributed by atoms with Crippen LogP contribution < -0.4 is 0 Å². The van der Waals surface area contributed by atoms with Gasteiger partial charge in [0.25, 0.3) is 0 Å². The van der Waals surface area contributed by atoms with E-state index in [0.29, 0.717) is 0 Å². The van der Waals surface area contributed by atoms with E-state index in [1.165, 1.54) is 54.8 Å². The summed E-state index contributed by atoms with van der Waals surface area (Å²) in [4.78, 5) is 8.85. The first-order valence-corrected chi connectivity index (χ1v) is 13.6. The van der Waals surface area contributed by atoms with Crippen molar-refractivity contribution in [2.24, 2.45) is 0 Å². The van der Waals surface area contributed by atoms with E-state index in [4.69, 9.17) is 0 Å². The standard InChI is InChI=1S/C36H26N4/c1-23-9-11-33-29(17-23)31-21-37-15-13-35(31)39(33)27-7-3-5-25(19-27)26-6-4-8-28(20-26)40-34-12-10-24(2)18-30(34)32-22-38-16-14-36(32)40/h3-22H,1-2H3. The third-order valence-electron chi connectivity index (χ3n) is 7.99. The zero-order chi connectivity index (χ0) is 26.8. The van der Waals surface area contributed by atoms with E-state index < -0.39 is 0 Å². The second-order valence-electron chi connectivity index (χ2n) is 10.6. The van der Waals surface area contributed by atoms with E-state index in [-0.39, 0.29) is 0 Å². The molecule has 40 heavy (non-hydrogen) atoms. The average molecular weight is 515 g/mol. The Bertz CT molecular complexity index is 2090. The highest BCUT2D eigenvalue weighted by atomic mass is 15.0. The van der Waals surface area contributed by atoms with Crippen LogP contribution in [0, 0.1) is 13.8 Å². The van der Waals surface area contributed by atoms with E-state index in [1.54, 1.807) is 0 Å². The molecule has 0 fully saturated rings. The summed E-state index contributed by atoms with van der Waals surface area (Å²) in [5, 5.41) is 4.80. The highest BCUT2D eigenvalue weighted by molar-refractivity contribution is 6.10. The summed E-state index contributed by atoms with van der Waals surface area (Å²) in [5.74, 6) is 0. The maximum Gasteiger partial charge on any atom is 0.0571 e. The fourth-order valence-electron chi connectivity index (χ4n) is 6.17. The first kappa shape index (κ1) is 22.7. The second-order valence-corrected chi connectivity index (χ2v) is 10.6. The van der Waals surface area contributed by atoms with Crippen molar-refractivity contribution in [3.63, 3.8) is 0 Å². The smallest absolute Gasteiger partial charge is 0.0571 e. The zero-order valence-electron chi connectivity index (χ0n) is 22.3. The number of benzene rings is 4. The summed E-state index contributed by atoms with van der Waals surface area (Å²) >= 11 is 0. The van der Waals surface area contributed by atoms with Gasteiger partial charge in [0.15, 0.2) is 0 Å². The number of fused-ring (bicyclic) bond motifs is 6. The molecular weight excluding hydrogens is 488 g/mol. The number of rotatable bonds is 3. The summed E-state index contributed by atoms with van der Waals surface area (Å²) in [5.41, 5.74) is 11.8. The Morgan fingerprint density at radius 2 is 0.900 bits per heavy atom. The first-order chi connectivity index (χ1) is 19.7. The van der Waals surface area contributed by atoms with Gasteiger partial charge in [-0.05, 0) is 85.6 Å². The fourth-order valence-corrected chi connectivity index (χ4v) is 6.17. The molecule has 4 aromatic heterocycles. The molecule has 4 aromatic carbocycles. The molecule has 4 nitrogen and oxygen atoms in total. The van der Waals surface area contributed by atoms with Crippen molar-refractivity contribution < 1.29 is 0 Å². The highest BCUT2D eigenvalue weighted by Gasteiger charge is 2.15. The molecule has 0 bridgehead atoms. The quantitative estimate of drug-likeness (QED) is 0.236. The van der Waals surface area contributed by atoms with Crippen LogP contribution in [0.4, 0.5) is 0 Å². The Kier molecular flexibility index (Phi) is 4.92. The third-order valence-corrected chi connectivity index (χ3v) is 7.99. The molecule has 8 rings (SSSR count). The molecule has 0 saturated heterocycles. The molecule has 0 spiro atoms. The zero-order valence-corrected chi connectivity index (χ0v) is 22.3. The molecule has 4 heterocycles. The van der Waals surface area contributed by atoms with Crippen LogP contribution in [0.15, 0.2) is 122 Å². The lowest BCUT2D eigenvalue weighted by Gasteiger charge is -2.12. The number of pyridine rings is 2. The van der Waals surface area contributed by atoms with Crippen LogP contribution in [0.3, 0.4) is 0 Å². The topological polar surface area (TPSA) is 35.6 Å². The Morgan fingerprint density at radius 1 is 0.450 bits per heavy atom. The summed E-state index contributed by atoms with van der Waals surface area (Å²) in [6, 6.07) is 35.2. The van der Waals surface area contributed by atoms with Crippen LogP contribution in [0.2, 0.25) is 0 Å². The number of hydrogen-bond donors (Lipinski definition) is 0. The van der Waals surface area contributed by atoms with Crippen LogP contribution in [-0.4, -0.2) is 19.1 Å². The Labute approximate surface area is 231 Å². The number of aromatic nitrogens is 4. The number of nitrogens with zero attached hydrogens (tertiary/aromatic N) is 4. The molecule has 0 N–H and O–H groups in total. The summed E-state index contributed by atoms with van der Waals surface area (Å²) in [7, 11) is 0. The van der Waals surface area contributed by atoms with Gasteiger partial charge in [-0.1, -0.05) is 47.5 Å². The maximum absolute atomic E-state index is 4.43. The Hall–Kier alpha value is -5.22. The molecule has 0 saturated carbocycles. The van der Waals surface area contributed by atoms with E-state index in [0.717, 1.165) is 22.4 Å². The molecule has 0 radical (unpaired) electrons. The predicted molar refractivity (Wildman–Crippen MR) is 166 cm³/mol. The van der Waals surface area contributed by atoms with Crippen LogP contribution >= 0.6 is 0 Å². The molecule has 190 valence electrons. The predicted octanol–water partition coefficient (Wildman–Crippen LogP) is 8.95. The summed E-state index contributed by atoms with van der Waals surface area (Å²) in [6.07, 6.45) is 7.70. The van der Waals surface area contributed by atoms with E-state index >= 15 is 0 Å². The van der Waals surface area contributed by atoms with Gasteiger partial charge in [-0.25, -0.2) is 0 Å². The monoisotopic (exact) mass is 514 g/mol. The van der Waals surface area contributed by atoms with Gasteiger partial charge in [0, 0.05) is 57.7 Å². The molecule has 8 aromatic rings. The summed E-state index contributed by atoms with van der Waals surface area (Å²) < 4.78 is 4.70. The lowest BCUT2D eigenvalue weighted by Crippen LogP contribution is -1.96. The largest absolute Gasteiger partial charge is 0.309 e. The van der Waals surface area contributed by atoms with E-state index in [2.05, 4.69) is 130 Å². The van der Waals surface area contributed by atoms with Crippen molar-refractivity contribution in [2.45, 2.75) is 13.8 Å². The Morgan fingerprint density at radius 3 is 1.38 bits per heavy atom. The molecule has 0 aliphatic heterocycles. The van der Waals surface area contributed by atoms with Crippen LogP contribution in [-0.2, 0) is 0 Å². The SMILES string of the molecule is Cc1ccc2c(c1)c1cnccc1n2-c1cccc(-c2cccc(-n3c4ccncc4c4cc(C)ccc43)c2)c1. The lowest BCUT2D eigenvalue weighted by molar-refractivity contribution is 1.17. The minimum atomic E-state index is 1.14. The highest BCUT2D eigenvalue weighted by Crippen LogP contribution is 2.35. The number of aryl methyl sites for hydroxylation is 2. The molecule has 4 heteroatoms. The van der Waals surface area contributed by atoms with Crippen molar-refractivity contribution in [3.8, 4) is 22.5 Å². The van der Waals surface area contributed by atoms with Crippen LogP contribution in [0.25, 0.3) is 66.1 Å². The van der Waals surface area contributed by atoms with Crippen molar-refractivity contribution >= 4 is 43.6 Å². The van der Waals surface area contributed by atoms with Gasteiger partial charge in [0.2, 0.25) is 0 Å². The average Bonchev–Trinajstić information content (AvgIpc) is 3.49. The minimum Gasteiger partial charge on any atom is -0.309 e. The van der Waals surface area contributed by atoms with Gasteiger partial charge in [-0.15, -0.1) is 0 Å². The number of hydrogen-bond acceptors (Lipinski definition) is 2. The molecule has 0 atom stereocenters.